The van der Waals surface area contributed by atoms with Gasteiger partial charge in [-0.15, -0.1) is 0 Å². The number of carbonyl (C=O) groups is 2. The molecular weight excluding hydrogens is 301 g/mol. The van der Waals surface area contributed by atoms with Crippen LogP contribution in [0.3, 0.4) is 0 Å². The van der Waals surface area contributed by atoms with Crippen LogP contribution in [-0.2, 0) is 21.4 Å². The zero-order valence-corrected chi connectivity index (χ0v) is 11.6. The van der Waals surface area contributed by atoms with Gasteiger partial charge in [-0.1, -0.05) is 0 Å². The van der Waals surface area contributed by atoms with E-state index in [1.165, 1.54) is 0 Å². The summed E-state index contributed by atoms with van der Waals surface area (Å²) in [5, 5.41) is 38.5. The van der Waals surface area contributed by atoms with Crippen molar-refractivity contribution in [1.29, 1.82) is 0 Å². The summed E-state index contributed by atoms with van der Waals surface area (Å²) in [6.07, 6.45) is -6.03. The highest BCUT2D eigenvalue weighted by Gasteiger charge is 2.43. The molecule has 9 nitrogen and oxygen atoms in total. The van der Waals surface area contributed by atoms with Crippen LogP contribution < -0.4 is 5.32 Å². The highest BCUT2D eigenvalue weighted by molar-refractivity contribution is 8.09. The summed E-state index contributed by atoms with van der Waals surface area (Å²) in [6, 6.07) is 0. The third-order valence-corrected chi connectivity index (χ3v) is 4.13. The second kappa shape index (κ2) is 7.36. The number of carbonyl (C=O) groups excluding carboxylic acids is 2. The topological polar surface area (TPSA) is 168 Å². The molecule has 0 spiro atoms. The number of aliphatic hydroxyl groups is 4. The van der Waals surface area contributed by atoms with Crippen LogP contribution in [0, 0.1) is 0 Å². The Bertz CT molecular complexity index is 385. The summed E-state index contributed by atoms with van der Waals surface area (Å²) in [5.41, 5.74) is -2.08. The van der Waals surface area contributed by atoms with Gasteiger partial charge in [0.25, 0.3) is 0 Å². The molecule has 0 rings (SSSR count). The Balaban J connectivity index is 5.22. The van der Waals surface area contributed by atoms with Crippen LogP contribution in [0.2, 0.25) is 0 Å². The molecule has 0 saturated heterocycles. The largest absolute Gasteiger partial charge is 0.394 e. The third kappa shape index (κ3) is 5.59. The molecule has 0 aliphatic heterocycles. The van der Waals surface area contributed by atoms with Gasteiger partial charge in [0.05, 0.1) is 6.61 Å². The van der Waals surface area contributed by atoms with E-state index in [9.17, 15) is 29.6 Å². The molecular formula is C8H16NO8PS. The van der Waals surface area contributed by atoms with Crippen LogP contribution in [-0.4, -0.2) is 72.6 Å². The van der Waals surface area contributed by atoms with Gasteiger partial charge < -0.3 is 30.2 Å². The molecule has 0 fully saturated rings. The van der Waals surface area contributed by atoms with Crippen LogP contribution in [0.5, 0.6) is 0 Å². The summed E-state index contributed by atoms with van der Waals surface area (Å²) >= 11 is 4.29. The molecule has 11 heteroatoms. The van der Waals surface area contributed by atoms with Gasteiger partial charge in [0, 0.05) is 6.92 Å². The maximum atomic E-state index is 11.6. The van der Waals surface area contributed by atoms with Gasteiger partial charge in [0.15, 0.2) is 6.49 Å². The van der Waals surface area contributed by atoms with Crippen molar-refractivity contribution in [1.82, 2.24) is 5.32 Å². The lowest BCUT2D eigenvalue weighted by molar-refractivity contribution is -0.133. The van der Waals surface area contributed by atoms with Crippen LogP contribution >= 0.6 is 6.49 Å². The minimum Gasteiger partial charge on any atom is -0.394 e. The smallest absolute Gasteiger partial charge is 0.242 e. The average molecular weight is 317 g/mol. The Morgan fingerprint density at radius 1 is 1.21 bits per heavy atom. The van der Waals surface area contributed by atoms with E-state index in [4.69, 9.17) is 10.2 Å². The van der Waals surface area contributed by atoms with Crippen LogP contribution in [0.15, 0.2) is 0 Å². The fourth-order valence-corrected chi connectivity index (χ4v) is 2.88. The molecule has 0 radical (unpaired) electrons. The first-order valence-electron chi connectivity index (χ1n) is 5.04. The molecule has 0 aromatic rings. The molecule has 0 aromatic carbocycles. The zero-order valence-electron chi connectivity index (χ0n) is 9.87. The normalized spacial score (nSPS) is 18.3. The van der Waals surface area contributed by atoms with Crippen LogP contribution in [0.25, 0.3) is 0 Å². The quantitative estimate of drug-likeness (QED) is 0.245. The zero-order chi connectivity index (χ0) is 15.4. The van der Waals surface area contributed by atoms with E-state index < -0.39 is 48.9 Å². The van der Waals surface area contributed by atoms with Crippen molar-refractivity contribution >= 4 is 30.1 Å². The molecule has 4 atom stereocenters. The van der Waals surface area contributed by atoms with Crippen molar-refractivity contribution in [3.63, 3.8) is 0 Å². The number of imide groups is 1. The third-order valence-electron chi connectivity index (χ3n) is 2.18. The maximum absolute atomic E-state index is 11.6. The highest BCUT2D eigenvalue weighted by atomic mass is 32.5. The summed E-state index contributed by atoms with van der Waals surface area (Å²) < 4.78 is 0. The lowest BCUT2D eigenvalue weighted by atomic mass is 10.0. The standard InChI is InChI=1S/C8H16NO8PS/c1-3(11)9-8(15)7(18(16,17)19)6(14)5(13)4(12)2-10/h4-7,10,12-14H,2H2,1H3,(H,9,11,15)(H2,16,17,19)/t4-,5-,6+,7-/m1/s1. The minimum absolute atomic E-state index is 0.831. The second-order valence-corrected chi connectivity index (χ2v) is 7.16. The fourth-order valence-electron chi connectivity index (χ4n) is 1.28. The van der Waals surface area contributed by atoms with Gasteiger partial charge in [0.2, 0.25) is 11.8 Å². The Labute approximate surface area is 113 Å². The van der Waals surface area contributed by atoms with Crippen LogP contribution in [0.1, 0.15) is 6.92 Å². The number of rotatable bonds is 6. The number of hydrogen-bond acceptors (Lipinski definition) is 7. The Kier molecular flexibility index (Phi) is 7.19. The number of aliphatic hydroxyl groups excluding tert-OH is 4. The molecule has 0 bridgehead atoms. The fraction of sp³-hybridized carbons (Fsp3) is 0.750. The molecule has 0 saturated carbocycles. The first-order chi connectivity index (χ1) is 8.52. The number of amides is 2. The van der Waals surface area contributed by atoms with Gasteiger partial charge in [-0.05, 0) is 11.8 Å². The lowest BCUT2D eigenvalue weighted by Gasteiger charge is -2.29. The van der Waals surface area contributed by atoms with Crippen molar-refractivity contribution in [3.05, 3.63) is 0 Å². The van der Waals surface area contributed by atoms with Crippen molar-refractivity contribution in [2.24, 2.45) is 0 Å². The average Bonchev–Trinajstić information content (AvgIpc) is 2.23. The predicted octanol–water partition coefficient (Wildman–Crippen LogP) is -3.61. The molecule has 2 amide bonds. The van der Waals surface area contributed by atoms with Gasteiger partial charge in [-0.25, -0.2) is 0 Å². The molecule has 112 valence electrons. The Morgan fingerprint density at radius 2 is 1.68 bits per heavy atom. The van der Waals surface area contributed by atoms with E-state index in [1.807, 2.05) is 0 Å². The molecule has 0 unspecified atom stereocenters. The Hall–Kier alpha value is -0.450. The summed E-state index contributed by atoms with van der Waals surface area (Å²) in [6.45, 7) is -4.34. The molecule has 0 aromatic heterocycles. The Morgan fingerprint density at radius 3 is 2.00 bits per heavy atom. The van der Waals surface area contributed by atoms with E-state index in [1.54, 1.807) is 5.32 Å². The van der Waals surface area contributed by atoms with Gasteiger partial charge in [-0.2, -0.15) is 0 Å². The van der Waals surface area contributed by atoms with E-state index >= 15 is 0 Å². The molecule has 19 heavy (non-hydrogen) atoms. The van der Waals surface area contributed by atoms with Gasteiger partial charge >= 0.3 is 0 Å². The van der Waals surface area contributed by atoms with E-state index in [2.05, 4.69) is 11.8 Å². The highest BCUT2D eigenvalue weighted by Crippen LogP contribution is 2.44. The van der Waals surface area contributed by atoms with Crippen LogP contribution in [0.4, 0.5) is 0 Å². The van der Waals surface area contributed by atoms with E-state index in [-0.39, 0.29) is 0 Å². The van der Waals surface area contributed by atoms with Crippen molar-refractivity contribution in [2.45, 2.75) is 30.9 Å². The minimum atomic E-state index is -4.38. The van der Waals surface area contributed by atoms with Gasteiger partial charge in [0.1, 0.15) is 24.0 Å². The van der Waals surface area contributed by atoms with Crippen molar-refractivity contribution < 1.29 is 39.8 Å². The summed E-state index contributed by atoms with van der Waals surface area (Å²) in [7, 11) is 0. The predicted molar refractivity (Wildman–Crippen MR) is 66.4 cm³/mol. The summed E-state index contributed by atoms with van der Waals surface area (Å²) in [4.78, 5) is 40.9. The molecule has 7 N–H and O–H groups in total. The van der Waals surface area contributed by atoms with E-state index in [0.29, 0.717) is 0 Å². The second-order valence-electron chi connectivity index (χ2n) is 3.81. The van der Waals surface area contributed by atoms with Gasteiger partial charge in [-0.3, -0.25) is 14.9 Å². The van der Waals surface area contributed by atoms with E-state index in [0.717, 1.165) is 6.92 Å². The summed E-state index contributed by atoms with van der Waals surface area (Å²) in [5.74, 6) is -2.12. The maximum Gasteiger partial charge on any atom is 0.242 e. The number of hydrogen-bond donors (Lipinski definition) is 7. The SMILES string of the molecule is CC(=O)NC(=O)[C@@H]([C@@H](O)[C@H](O)[C@H](O)CO)P(O)(O)=S. The van der Waals surface area contributed by atoms with Crippen molar-refractivity contribution in [3.8, 4) is 0 Å². The molecule has 0 heterocycles. The van der Waals surface area contributed by atoms with Crippen molar-refractivity contribution in [2.75, 3.05) is 6.61 Å². The first kappa shape index (κ1) is 18.6. The molecule has 0 aliphatic rings. The monoisotopic (exact) mass is 317 g/mol. The number of nitrogens with one attached hydrogen (secondary N) is 1. The molecule has 0 aliphatic carbocycles. The first-order valence-corrected chi connectivity index (χ1v) is 7.81. The lowest BCUT2D eigenvalue weighted by Crippen LogP contribution is -2.52.